The highest BCUT2D eigenvalue weighted by molar-refractivity contribution is 5.78. The van der Waals surface area contributed by atoms with Gasteiger partial charge in [-0.15, -0.1) is 0 Å². The summed E-state index contributed by atoms with van der Waals surface area (Å²) in [5.41, 5.74) is 0.760. The lowest BCUT2D eigenvalue weighted by Crippen LogP contribution is -2.27. The second-order valence-corrected chi connectivity index (χ2v) is 8.05. The van der Waals surface area contributed by atoms with E-state index < -0.39 is 0 Å². The number of hydrogen-bond acceptors (Lipinski definition) is 4. The molecule has 2 aromatic carbocycles. The number of benzene rings is 2. The minimum atomic E-state index is -0.389. The van der Waals surface area contributed by atoms with Crippen molar-refractivity contribution in [2.75, 3.05) is 0 Å². The highest BCUT2D eigenvalue weighted by atomic mass is 19.1. The maximum Gasteiger partial charge on any atom is 0.309 e. The number of carbonyl (C=O) groups is 1. The maximum atomic E-state index is 13.4. The summed E-state index contributed by atoms with van der Waals surface area (Å²) in [7, 11) is 0. The van der Waals surface area contributed by atoms with E-state index in [1.807, 2.05) is 6.07 Å². The van der Waals surface area contributed by atoms with Crippen molar-refractivity contribution in [2.24, 2.45) is 17.8 Å². The van der Waals surface area contributed by atoms with Gasteiger partial charge < -0.3 is 4.74 Å². The Balaban J connectivity index is 1.50. The largest absolute Gasteiger partial charge is 0.457 e. The van der Waals surface area contributed by atoms with Crippen molar-refractivity contribution in [3.05, 3.63) is 70.5 Å². The number of fused-ring (bicyclic) bond motifs is 3. The third-order valence-electron chi connectivity index (χ3n) is 6.31. The van der Waals surface area contributed by atoms with E-state index in [0.29, 0.717) is 34.3 Å². The third kappa shape index (κ3) is 3.22. The van der Waals surface area contributed by atoms with Crippen molar-refractivity contribution in [1.82, 2.24) is 9.55 Å². The molecule has 3 unspecified atom stereocenters. The molecule has 0 aliphatic heterocycles. The van der Waals surface area contributed by atoms with Crippen LogP contribution in [0.5, 0.6) is 0 Å². The van der Waals surface area contributed by atoms with Crippen LogP contribution >= 0.6 is 0 Å². The van der Waals surface area contributed by atoms with Crippen molar-refractivity contribution in [2.45, 2.75) is 32.3 Å². The smallest absolute Gasteiger partial charge is 0.309 e. The fraction of sp³-hybridized carbons (Fsp3) is 0.348. The fourth-order valence-electron chi connectivity index (χ4n) is 4.91. The molecule has 0 radical (unpaired) electrons. The lowest BCUT2D eigenvalue weighted by Gasteiger charge is -2.20. The number of para-hydroxylation sites is 1. The van der Waals surface area contributed by atoms with Gasteiger partial charge in [0.15, 0.2) is 5.82 Å². The molecule has 0 N–H and O–H groups in total. The fourth-order valence-corrected chi connectivity index (χ4v) is 4.91. The van der Waals surface area contributed by atoms with E-state index in [-0.39, 0.29) is 29.9 Å². The molecule has 1 heterocycles. The Morgan fingerprint density at radius 3 is 2.62 bits per heavy atom. The molecule has 1 aromatic heterocycles. The van der Waals surface area contributed by atoms with Crippen LogP contribution in [0.2, 0.25) is 0 Å². The van der Waals surface area contributed by atoms with Gasteiger partial charge in [0.25, 0.3) is 5.56 Å². The summed E-state index contributed by atoms with van der Waals surface area (Å²) < 4.78 is 20.4. The van der Waals surface area contributed by atoms with E-state index in [2.05, 4.69) is 4.98 Å². The van der Waals surface area contributed by atoms with Crippen molar-refractivity contribution < 1.29 is 13.9 Å². The van der Waals surface area contributed by atoms with Crippen LogP contribution in [0.25, 0.3) is 16.6 Å². The van der Waals surface area contributed by atoms with E-state index in [1.165, 1.54) is 35.3 Å². The van der Waals surface area contributed by atoms with Gasteiger partial charge in [-0.2, -0.15) is 0 Å². The molecule has 3 aromatic rings. The van der Waals surface area contributed by atoms with Gasteiger partial charge in [-0.25, -0.2) is 9.37 Å². The van der Waals surface area contributed by atoms with E-state index in [4.69, 9.17) is 4.74 Å². The van der Waals surface area contributed by atoms with Crippen LogP contribution in [0.1, 0.15) is 31.5 Å². The molecule has 5 rings (SSSR count). The zero-order valence-corrected chi connectivity index (χ0v) is 15.9. The van der Waals surface area contributed by atoms with Gasteiger partial charge >= 0.3 is 5.97 Å². The topological polar surface area (TPSA) is 61.2 Å². The molecule has 2 saturated carbocycles. The summed E-state index contributed by atoms with van der Waals surface area (Å²) in [5.74, 6) is 0.771. The Hall–Kier alpha value is -3.02. The number of hydrogen-bond donors (Lipinski definition) is 0. The summed E-state index contributed by atoms with van der Waals surface area (Å²) in [6, 6.07) is 12.7. The van der Waals surface area contributed by atoms with E-state index in [9.17, 15) is 14.0 Å². The molecule has 2 fully saturated rings. The minimum Gasteiger partial charge on any atom is -0.457 e. The summed E-state index contributed by atoms with van der Waals surface area (Å²) in [6.07, 6.45) is 4.33. The first-order valence-electron chi connectivity index (χ1n) is 10.0. The molecule has 29 heavy (non-hydrogen) atoms. The van der Waals surface area contributed by atoms with Crippen LogP contribution in [0.15, 0.2) is 53.3 Å². The Morgan fingerprint density at radius 2 is 1.90 bits per heavy atom. The van der Waals surface area contributed by atoms with Gasteiger partial charge in [-0.05, 0) is 67.5 Å². The molecule has 0 spiro atoms. The highest BCUT2D eigenvalue weighted by Crippen LogP contribution is 2.48. The van der Waals surface area contributed by atoms with Crippen LogP contribution in [-0.2, 0) is 16.1 Å². The van der Waals surface area contributed by atoms with Crippen molar-refractivity contribution >= 4 is 16.9 Å². The number of ether oxygens (including phenoxy) is 1. The first-order chi connectivity index (χ1) is 14.1. The number of aromatic nitrogens is 2. The van der Waals surface area contributed by atoms with Gasteiger partial charge in [0.05, 0.1) is 22.5 Å². The lowest BCUT2D eigenvalue weighted by molar-refractivity contribution is -0.152. The third-order valence-corrected chi connectivity index (χ3v) is 6.31. The zero-order valence-electron chi connectivity index (χ0n) is 15.9. The zero-order chi connectivity index (χ0) is 20.0. The number of carbonyl (C=O) groups excluding carboxylic acids is 1. The molecule has 148 valence electrons. The number of esters is 1. The Bertz CT molecular complexity index is 1140. The SMILES string of the molecule is O=C(OCc1nc2ccccc2c(=O)n1-c1ccc(F)cc1)C1CC2CCC1C2. The van der Waals surface area contributed by atoms with Crippen molar-refractivity contribution in [1.29, 1.82) is 0 Å². The van der Waals surface area contributed by atoms with Crippen LogP contribution in [0.3, 0.4) is 0 Å². The quantitative estimate of drug-likeness (QED) is 0.630. The molecule has 2 bridgehead atoms. The molecule has 2 aliphatic carbocycles. The number of rotatable bonds is 4. The normalized spacial score (nSPS) is 22.9. The van der Waals surface area contributed by atoms with Gasteiger partial charge in [-0.3, -0.25) is 14.2 Å². The van der Waals surface area contributed by atoms with E-state index in [1.54, 1.807) is 18.2 Å². The van der Waals surface area contributed by atoms with Crippen LogP contribution in [0.4, 0.5) is 4.39 Å². The van der Waals surface area contributed by atoms with Crippen molar-refractivity contribution in [3.63, 3.8) is 0 Å². The second-order valence-electron chi connectivity index (χ2n) is 8.05. The summed E-state index contributed by atoms with van der Waals surface area (Å²) in [4.78, 5) is 30.4. The first-order valence-corrected chi connectivity index (χ1v) is 10.0. The summed E-state index contributed by atoms with van der Waals surface area (Å²) >= 11 is 0. The highest BCUT2D eigenvalue weighted by Gasteiger charge is 2.44. The van der Waals surface area contributed by atoms with Gasteiger partial charge in [-0.1, -0.05) is 18.6 Å². The molecule has 6 heteroatoms. The van der Waals surface area contributed by atoms with E-state index >= 15 is 0 Å². The van der Waals surface area contributed by atoms with Crippen LogP contribution in [-0.4, -0.2) is 15.5 Å². The minimum absolute atomic E-state index is 0.0415. The van der Waals surface area contributed by atoms with Gasteiger partial charge in [0.2, 0.25) is 0 Å². The molecular formula is C23H21FN2O3. The Morgan fingerprint density at radius 1 is 1.10 bits per heavy atom. The standard InChI is InChI=1S/C23H21FN2O3/c24-16-7-9-17(10-8-16)26-21(25-20-4-2-1-3-18(20)22(26)27)13-29-23(28)19-12-14-5-6-15(19)11-14/h1-4,7-10,14-15,19H,5-6,11-13H2. The monoisotopic (exact) mass is 392 g/mol. The predicted molar refractivity (Wildman–Crippen MR) is 106 cm³/mol. The second kappa shape index (κ2) is 7.10. The molecular weight excluding hydrogens is 371 g/mol. The molecule has 5 nitrogen and oxygen atoms in total. The number of halogens is 1. The molecule has 0 amide bonds. The van der Waals surface area contributed by atoms with Gasteiger partial charge in [0, 0.05) is 0 Å². The number of nitrogens with zero attached hydrogens (tertiary/aromatic N) is 2. The predicted octanol–water partition coefficient (Wildman–Crippen LogP) is 4.00. The Labute approximate surface area is 167 Å². The van der Waals surface area contributed by atoms with E-state index in [0.717, 1.165) is 19.3 Å². The lowest BCUT2D eigenvalue weighted by atomic mass is 9.89. The van der Waals surface area contributed by atoms with Crippen molar-refractivity contribution in [3.8, 4) is 5.69 Å². The van der Waals surface area contributed by atoms with Crippen LogP contribution in [0, 0.1) is 23.6 Å². The average molecular weight is 392 g/mol. The Kier molecular flexibility index (Phi) is 4.42. The van der Waals surface area contributed by atoms with Gasteiger partial charge in [0.1, 0.15) is 12.4 Å². The maximum absolute atomic E-state index is 13.4. The molecule has 2 aliphatic rings. The molecule has 3 atom stereocenters. The molecule has 0 saturated heterocycles. The average Bonchev–Trinajstić information content (AvgIpc) is 3.37. The first kappa shape index (κ1) is 18.0. The summed E-state index contributed by atoms with van der Waals surface area (Å²) in [5, 5.41) is 0.458. The van der Waals surface area contributed by atoms with Crippen LogP contribution < -0.4 is 5.56 Å². The summed E-state index contributed by atoms with van der Waals surface area (Å²) in [6.45, 7) is -0.0931.